The zero-order valence-corrected chi connectivity index (χ0v) is 18.8. The molecule has 0 aliphatic carbocycles. The Labute approximate surface area is 199 Å². The van der Waals surface area contributed by atoms with Gasteiger partial charge in [0.2, 0.25) is 5.95 Å². The van der Waals surface area contributed by atoms with Gasteiger partial charge in [0.25, 0.3) is 0 Å². The van der Waals surface area contributed by atoms with Gasteiger partial charge in [-0.3, -0.25) is 0 Å². The number of aromatic nitrogens is 2. The van der Waals surface area contributed by atoms with Crippen molar-refractivity contribution in [2.75, 3.05) is 23.8 Å². The first kappa shape index (κ1) is 22.9. The van der Waals surface area contributed by atoms with Crippen molar-refractivity contribution in [3.8, 4) is 17.2 Å². The number of fused-ring (bicyclic) bond motifs is 1. The van der Waals surface area contributed by atoms with Crippen molar-refractivity contribution < 1.29 is 27.4 Å². The van der Waals surface area contributed by atoms with Gasteiger partial charge < -0.3 is 29.4 Å². The third-order valence-corrected chi connectivity index (χ3v) is 5.56. The van der Waals surface area contributed by atoms with Crippen LogP contribution < -0.4 is 20.1 Å². The lowest BCUT2D eigenvalue weighted by Crippen LogP contribution is -2.40. The second kappa shape index (κ2) is 9.38. The fourth-order valence-corrected chi connectivity index (χ4v) is 3.69. The topological polar surface area (TPSA) is 69.6 Å². The van der Waals surface area contributed by atoms with E-state index in [2.05, 4.69) is 26.4 Å². The molecule has 5 rings (SSSR count). The Bertz CT molecular complexity index is 1300. The summed E-state index contributed by atoms with van der Waals surface area (Å²) in [6.45, 7) is 2.01. The largest absolute Gasteiger partial charge is 0.573 e. The van der Waals surface area contributed by atoms with Crippen LogP contribution in [0.5, 0.6) is 17.2 Å². The van der Waals surface area contributed by atoms with Crippen LogP contribution in [0.1, 0.15) is 5.56 Å². The molecule has 3 aromatic carbocycles. The summed E-state index contributed by atoms with van der Waals surface area (Å²) in [5, 5.41) is 6.81. The Morgan fingerprint density at radius 2 is 1.63 bits per heavy atom. The molecule has 4 aromatic rings. The fourth-order valence-electron chi connectivity index (χ4n) is 3.69. The molecule has 0 bridgehead atoms. The lowest BCUT2D eigenvalue weighted by Gasteiger charge is -2.27. The fraction of sp³-hybridized carbons (Fsp3) is 0.240. The number of imidazole rings is 1. The number of nitrogens with zero attached hydrogens (tertiary/aromatic N) is 2. The highest BCUT2D eigenvalue weighted by molar-refractivity contribution is 5.82. The van der Waals surface area contributed by atoms with Crippen molar-refractivity contribution in [2.24, 2.45) is 7.05 Å². The van der Waals surface area contributed by atoms with Crippen LogP contribution >= 0.6 is 0 Å². The van der Waals surface area contributed by atoms with Crippen LogP contribution in [0.4, 0.5) is 24.8 Å². The van der Waals surface area contributed by atoms with E-state index in [9.17, 15) is 13.2 Å². The molecule has 0 spiro atoms. The Morgan fingerprint density at radius 3 is 2.26 bits per heavy atom. The van der Waals surface area contributed by atoms with Gasteiger partial charge in [-0.15, -0.1) is 13.2 Å². The van der Waals surface area contributed by atoms with Crippen LogP contribution in [0, 0.1) is 0 Å². The molecule has 35 heavy (non-hydrogen) atoms. The molecule has 1 saturated heterocycles. The SMILES string of the molecule is Cn1c(NCc2ccc(Oc3ccc(OC(F)(F)F)cc3)cc2)nc2ccc(NC3COC3)cc21. The van der Waals surface area contributed by atoms with Crippen molar-refractivity contribution in [1.29, 1.82) is 0 Å². The van der Waals surface area contributed by atoms with E-state index in [1.54, 1.807) is 12.1 Å². The zero-order valence-electron chi connectivity index (χ0n) is 18.8. The van der Waals surface area contributed by atoms with Gasteiger partial charge in [0.15, 0.2) is 0 Å². The highest BCUT2D eigenvalue weighted by Crippen LogP contribution is 2.28. The Kier molecular flexibility index (Phi) is 6.12. The number of hydrogen-bond acceptors (Lipinski definition) is 6. The van der Waals surface area contributed by atoms with E-state index in [-0.39, 0.29) is 5.75 Å². The second-order valence-electron chi connectivity index (χ2n) is 8.20. The van der Waals surface area contributed by atoms with E-state index in [1.165, 1.54) is 24.3 Å². The van der Waals surface area contributed by atoms with Crippen molar-refractivity contribution >= 4 is 22.7 Å². The zero-order chi connectivity index (χ0) is 24.4. The van der Waals surface area contributed by atoms with Gasteiger partial charge in [-0.1, -0.05) is 12.1 Å². The number of ether oxygens (including phenoxy) is 3. The van der Waals surface area contributed by atoms with Crippen LogP contribution in [0.3, 0.4) is 0 Å². The number of halogens is 3. The molecule has 0 saturated carbocycles. The van der Waals surface area contributed by atoms with Crippen molar-refractivity contribution in [2.45, 2.75) is 18.9 Å². The molecule has 7 nitrogen and oxygen atoms in total. The van der Waals surface area contributed by atoms with Gasteiger partial charge in [0.05, 0.1) is 30.3 Å². The Hall–Kier alpha value is -3.92. The lowest BCUT2D eigenvalue weighted by molar-refractivity contribution is -0.274. The Morgan fingerprint density at radius 1 is 0.971 bits per heavy atom. The summed E-state index contributed by atoms with van der Waals surface area (Å²) in [5.74, 6) is 1.43. The quantitative estimate of drug-likeness (QED) is 0.335. The molecular formula is C25H23F3N4O3. The molecule has 2 heterocycles. The number of rotatable bonds is 8. The van der Waals surface area contributed by atoms with E-state index >= 15 is 0 Å². The molecule has 0 atom stereocenters. The lowest BCUT2D eigenvalue weighted by atomic mass is 10.2. The maximum atomic E-state index is 12.3. The summed E-state index contributed by atoms with van der Waals surface area (Å²) in [6.07, 6.45) is -4.72. The van der Waals surface area contributed by atoms with Gasteiger partial charge in [-0.2, -0.15) is 0 Å². The number of benzene rings is 3. The first-order valence-corrected chi connectivity index (χ1v) is 11.0. The first-order chi connectivity index (χ1) is 16.8. The van der Waals surface area contributed by atoms with E-state index in [0.29, 0.717) is 24.1 Å². The third kappa shape index (κ3) is 5.60. The van der Waals surface area contributed by atoms with Crippen LogP contribution in [0.2, 0.25) is 0 Å². The average molecular weight is 484 g/mol. The van der Waals surface area contributed by atoms with Gasteiger partial charge >= 0.3 is 6.36 Å². The van der Waals surface area contributed by atoms with E-state index in [0.717, 1.165) is 41.4 Å². The summed E-state index contributed by atoms with van der Waals surface area (Å²) >= 11 is 0. The van der Waals surface area contributed by atoms with Crippen LogP contribution in [-0.2, 0) is 18.3 Å². The normalized spacial score (nSPS) is 13.9. The van der Waals surface area contributed by atoms with Gasteiger partial charge in [0.1, 0.15) is 17.2 Å². The molecule has 2 N–H and O–H groups in total. The third-order valence-electron chi connectivity index (χ3n) is 5.56. The molecule has 0 amide bonds. The summed E-state index contributed by atoms with van der Waals surface area (Å²) in [7, 11) is 1.97. The van der Waals surface area contributed by atoms with E-state index < -0.39 is 6.36 Å². The summed E-state index contributed by atoms with van der Waals surface area (Å²) < 4.78 is 53.6. The highest BCUT2D eigenvalue weighted by Gasteiger charge is 2.31. The summed E-state index contributed by atoms with van der Waals surface area (Å²) in [4.78, 5) is 4.68. The molecule has 182 valence electrons. The molecule has 1 fully saturated rings. The minimum absolute atomic E-state index is 0.298. The number of alkyl halides is 3. The maximum Gasteiger partial charge on any atom is 0.573 e. The second-order valence-corrected chi connectivity index (χ2v) is 8.20. The van der Waals surface area contributed by atoms with Crippen molar-refractivity contribution in [3.63, 3.8) is 0 Å². The highest BCUT2D eigenvalue weighted by atomic mass is 19.4. The monoisotopic (exact) mass is 484 g/mol. The molecular weight excluding hydrogens is 461 g/mol. The minimum atomic E-state index is -4.72. The van der Waals surface area contributed by atoms with Crippen molar-refractivity contribution in [1.82, 2.24) is 9.55 Å². The molecule has 0 unspecified atom stereocenters. The smallest absolute Gasteiger partial charge is 0.457 e. The molecule has 1 aliphatic rings. The standard InChI is InChI=1S/C25H23F3N4O3/c1-32-23-12-17(30-18-14-33-15-18)4-11-22(23)31-24(32)29-13-16-2-5-19(6-3-16)34-20-7-9-21(10-8-20)35-25(26,27)28/h2-12,18,30H,13-15H2,1H3,(H,29,31). The summed E-state index contributed by atoms with van der Waals surface area (Å²) in [5.41, 5.74) is 3.98. The van der Waals surface area contributed by atoms with Crippen LogP contribution in [-0.4, -0.2) is 35.2 Å². The predicted octanol–water partition coefficient (Wildman–Crippen LogP) is 5.69. The van der Waals surface area contributed by atoms with Gasteiger partial charge in [0, 0.05) is 19.3 Å². The first-order valence-electron chi connectivity index (χ1n) is 11.0. The van der Waals surface area contributed by atoms with E-state index in [4.69, 9.17) is 9.47 Å². The predicted molar refractivity (Wildman–Crippen MR) is 126 cm³/mol. The average Bonchev–Trinajstić information content (AvgIpc) is 3.11. The summed E-state index contributed by atoms with van der Waals surface area (Å²) in [6, 6.07) is 19.1. The van der Waals surface area contributed by atoms with Crippen LogP contribution in [0.15, 0.2) is 66.7 Å². The molecule has 1 aliphatic heterocycles. The van der Waals surface area contributed by atoms with Gasteiger partial charge in [-0.05, 0) is 60.2 Å². The van der Waals surface area contributed by atoms with Crippen LogP contribution in [0.25, 0.3) is 11.0 Å². The minimum Gasteiger partial charge on any atom is -0.457 e. The van der Waals surface area contributed by atoms with E-state index in [1.807, 2.05) is 35.9 Å². The van der Waals surface area contributed by atoms with Crippen molar-refractivity contribution in [3.05, 3.63) is 72.3 Å². The molecule has 1 aromatic heterocycles. The molecule has 0 radical (unpaired) electrons. The number of nitrogens with one attached hydrogen (secondary N) is 2. The number of anilines is 2. The number of aryl methyl sites for hydroxylation is 1. The van der Waals surface area contributed by atoms with Gasteiger partial charge in [-0.25, -0.2) is 4.98 Å². The molecule has 10 heteroatoms. The Balaban J connectivity index is 1.18. The number of hydrogen-bond donors (Lipinski definition) is 2. The maximum absolute atomic E-state index is 12.3.